The number of rotatable bonds is 3. The van der Waals surface area contributed by atoms with E-state index in [-0.39, 0.29) is 0 Å². The molecule has 6 heteroatoms. The highest BCUT2D eigenvalue weighted by atomic mass is 16.5. The molecule has 0 N–H and O–H groups in total. The van der Waals surface area contributed by atoms with Crippen molar-refractivity contribution in [3.05, 3.63) is 24.5 Å². The number of aromatic nitrogens is 4. The van der Waals surface area contributed by atoms with Crippen molar-refractivity contribution in [2.75, 3.05) is 25.1 Å². The predicted octanol–water partition coefficient (Wildman–Crippen LogP) is 1.27. The Kier molecular flexibility index (Phi) is 2.84. The van der Waals surface area contributed by atoms with E-state index < -0.39 is 0 Å². The average Bonchev–Trinajstić information content (AvgIpc) is 3.11. The van der Waals surface area contributed by atoms with Gasteiger partial charge in [-0.15, -0.1) is 5.10 Å². The molecule has 0 aliphatic carbocycles. The number of benzene rings is 1. The Morgan fingerprint density at radius 2 is 2.06 bits per heavy atom. The third-order valence-corrected chi connectivity index (χ3v) is 3.23. The SMILES string of the molecule is COc1cc(N2CCCC2)ccc1-n1cnnn1. The van der Waals surface area contributed by atoms with E-state index in [1.54, 1.807) is 18.1 Å². The molecule has 1 aromatic heterocycles. The third kappa shape index (κ3) is 1.90. The van der Waals surface area contributed by atoms with E-state index in [0.29, 0.717) is 0 Å². The zero-order chi connectivity index (χ0) is 12.4. The van der Waals surface area contributed by atoms with Gasteiger partial charge in [0.15, 0.2) is 0 Å². The van der Waals surface area contributed by atoms with Crippen molar-refractivity contribution < 1.29 is 4.74 Å². The van der Waals surface area contributed by atoms with Crippen molar-refractivity contribution in [2.24, 2.45) is 0 Å². The highest BCUT2D eigenvalue weighted by Gasteiger charge is 2.15. The molecule has 6 nitrogen and oxygen atoms in total. The Bertz CT molecular complexity index is 519. The molecule has 0 atom stereocenters. The lowest BCUT2D eigenvalue weighted by Crippen LogP contribution is -2.17. The van der Waals surface area contributed by atoms with Crippen LogP contribution >= 0.6 is 0 Å². The fraction of sp³-hybridized carbons (Fsp3) is 0.417. The van der Waals surface area contributed by atoms with E-state index in [9.17, 15) is 0 Å². The van der Waals surface area contributed by atoms with Crippen LogP contribution < -0.4 is 9.64 Å². The second-order valence-corrected chi connectivity index (χ2v) is 4.30. The van der Waals surface area contributed by atoms with E-state index in [1.807, 2.05) is 12.1 Å². The molecular weight excluding hydrogens is 230 g/mol. The predicted molar refractivity (Wildman–Crippen MR) is 67.2 cm³/mol. The summed E-state index contributed by atoms with van der Waals surface area (Å²) in [6, 6.07) is 6.12. The molecule has 94 valence electrons. The van der Waals surface area contributed by atoms with Gasteiger partial charge in [0, 0.05) is 24.8 Å². The number of tetrazole rings is 1. The molecule has 3 rings (SSSR count). The molecule has 0 unspecified atom stereocenters. The Morgan fingerprint density at radius 1 is 1.22 bits per heavy atom. The Balaban J connectivity index is 1.97. The number of hydrogen-bond donors (Lipinski definition) is 0. The van der Waals surface area contributed by atoms with Gasteiger partial charge >= 0.3 is 0 Å². The monoisotopic (exact) mass is 245 g/mol. The quantitative estimate of drug-likeness (QED) is 0.815. The molecule has 1 fully saturated rings. The van der Waals surface area contributed by atoms with Crippen LogP contribution in [0.3, 0.4) is 0 Å². The number of hydrogen-bond acceptors (Lipinski definition) is 5. The van der Waals surface area contributed by atoms with Crippen molar-refractivity contribution in [1.29, 1.82) is 0 Å². The van der Waals surface area contributed by atoms with Crippen molar-refractivity contribution in [1.82, 2.24) is 20.2 Å². The van der Waals surface area contributed by atoms with Crippen LogP contribution in [0, 0.1) is 0 Å². The van der Waals surface area contributed by atoms with E-state index >= 15 is 0 Å². The molecular formula is C12H15N5O. The lowest BCUT2D eigenvalue weighted by atomic mass is 10.2. The van der Waals surface area contributed by atoms with Gasteiger partial charge in [-0.05, 0) is 35.4 Å². The van der Waals surface area contributed by atoms with Crippen LogP contribution in [-0.2, 0) is 0 Å². The van der Waals surface area contributed by atoms with Gasteiger partial charge in [-0.1, -0.05) is 0 Å². The highest BCUT2D eigenvalue weighted by Crippen LogP contribution is 2.29. The first-order valence-electron chi connectivity index (χ1n) is 6.05. The molecule has 0 spiro atoms. The van der Waals surface area contributed by atoms with Crippen molar-refractivity contribution in [3.63, 3.8) is 0 Å². The smallest absolute Gasteiger partial charge is 0.146 e. The van der Waals surface area contributed by atoms with Gasteiger partial charge in [-0.3, -0.25) is 0 Å². The van der Waals surface area contributed by atoms with Crippen molar-refractivity contribution in [2.45, 2.75) is 12.8 Å². The molecule has 1 aliphatic heterocycles. The second-order valence-electron chi connectivity index (χ2n) is 4.30. The molecule has 0 radical (unpaired) electrons. The van der Waals surface area contributed by atoms with Crippen LogP contribution in [0.5, 0.6) is 5.75 Å². The molecule has 0 amide bonds. The number of nitrogens with zero attached hydrogens (tertiary/aromatic N) is 5. The first-order chi connectivity index (χ1) is 8.88. The van der Waals surface area contributed by atoms with Gasteiger partial charge in [-0.25, -0.2) is 0 Å². The zero-order valence-electron chi connectivity index (χ0n) is 10.3. The highest BCUT2D eigenvalue weighted by molar-refractivity contribution is 5.59. The van der Waals surface area contributed by atoms with Crippen LogP contribution in [0.15, 0.2) is 24.5 Å². The number of anilines is 1. The van der Waals surface area contributed by atoms with Crippen molar-refractivity contribution >= 4 is 5.69 Å². The summed E-state index contributed by atoms with van der Waals surface area (Å²) in [5.41, 5.74) is 2.05. The van der Waals surface area contributed by atoms with Gasteiger partial charge in [0.2, 0.25) is 0 Å². The molecule has 2 heterocycles. The fourth-order valence-electron chi connectivity index (χ4n) is 2.30. The van der Waals surface area contributed by atoms with Crippen LogP contribution in [0.4, 0.5) is 5.69 Å². The largest absolute Gasteiger partial charge is 0.494 e. The van der Waals surface area contributed by atoms with Crippen LogP contribution in [-0.4, -0.2) is 40.4 Å². The molecule has 1 aliphatic rings. The minimum atomic E-state index is 0.784. The maximum Gasteiger partial charge on any atom is 0.146 e. The lowest BCUT2D eigenvalue weighted by molar-refractivity contribution is 0.411. The Morgan fingerprint density at radius 3 is 2.72 bits per heavy atom. The zero-order valence-corrected chi connectivity index (χ0v) is 10.3. The normalized spacial score (nSPS) is 15.1. The molecule has 0 saturated carbocycles. The fourth-order valence-corrected chi connectivity index (χ4v) is 2.30. The lowest BCUT2D eigenvalue weighted by Gasteiger charge is -2.19. The van der Waals surface area contributed by atoms with Crippen LogP contribution in [0.1, 0.15) is 12.8 Å². The minimum Gasteiger partial charge on any atom is -0.494 e. The summed E-state index contributed by atoms with van der Waals surface area (Å²) in [4.78, 5) is 2.37. The molecule has 18 heavy (non-hydrogen) atoms. The van der Waals surface area contributed by atoms with Gasteiger partial charge in [0.1, 0.15) is 17.8 Å². The Hall–Kier alpha value is -2.11. The maximum atomic E-state index is 5.43. The van der Waals surface area contributed by atoms with E-state index in [4.69, 9.17) is 4.74 Å². The molecule has 1 aromatic carbocycles. The van der Waals surface area contributed by atoms with Gasteiger partial charge in [0.05, 0.1) is 7.11 Å². The third-order valence-electron chi connectivity index (χ3n) is 3.23. The second kappa shape index (κ2) is 4.64. The average molecular weight is 245 g/mol. The summed E-state index contributed by atoms with van der Waals surface area (Å²) in [5, 5.41) is 11.2. The number of methoxy groups -OCH3 is 1. The van der Waals surface area contributed by atoms with Gasteiger partial charge < -0.3 is 9.64 Å². The van der Waals surface area contributed by atoms with Crippen molar-refractivity contribution in [3.8, 4) is 11.4 Å². The van der Waals surface area contributed by atoms with E-state index in [1.165, 1.54) is 18.5 Å². The number of ether oxygens (including phenoxy) is 1. The minimum absolute atomic E-state index is 0.784. The standard InChI is InChI=1S/C12H15N5O/c1-18-12-8-10(16-6-2-3-7-16)4-5-11(12)17-9-13-14-15-17/h4-5,8-9H,2-3,6-7H2,1H3. The van der Waals surface area contributed by atoms with Crippen LogP contribution in [0.25, 0.3) is 5.69 Å². The first kappa shape index (κ1) is 11.0. The summed E-state index contributed by atoms with van der Waals surface area (Å²) < 4.78 is 7.03. The van der Waals surface area contributed by atoms with Crippen LogP contribution in [0.2, 0.25) is 0 Å². The molecule has 1 saturated heterocycles. The first-order valence-corrected chi connectivity index (χ1v) is 6.05. The van der Waals surface area contributed by atoms with E-state index in [2.05, 4.69) is 26.5 Å². The topological polar surface area (TPSA) is 56.1 Å². The summed E-state index contributed by atoms with van der Waals surface area (Å²) >= 11 is 0. The summed E-state index contributed by atoms with van der Waals surface area (Å²) in [7, 11) is 1.66. The summed E-state index contributed by atoms with van der Waals surface area (Å²) in [6.07, 6.45) is 4.08. The van der Waals surface area contributed by atoms with E-state index in [0.717, 1.165) is 24.5 Å². The maximum absolute atomic E-state index is 5.43. The van der Waals surface area contributed by atoms with Gasteiger partial charge in [0.25, 0.3) is 0 Å². The Labute approximate surface area is 105 Å². The molecule has 2 aromatic rings. The summed E-state index contributed by atoms with van der Waals surface area (Å²) in [5.74, 6) is 0.784. The summed E-state index contributed by atoms with van der Waals surface area (Å²) in [6.45, 7) is 2.24. The molecule has 0 bridgehead atoms. The van der Waals surface area contributed by atoms with Gasteiger partial charge in [-0.2, -0.15) is 4.68 Å².